The Morgan fingerprint density at radius 1 is 1.13 bits per heavy atom. The van der Waals surface area contributed by atoms with Gasteiger partial charge in [0.1, 0.15) is 0 Å². The van der Waals surface area contributed by atoms with Gasteiger partial charge in [-0.2, -0.15) is 0 Å². The second kappa shape index (κ2) is 6.46. The van der Waals surface area contributed by atoms with Gasteiger partial charge >= 0.3 is 0 Å². The van der Waals surface area contributed by atoms with Gasteiger partial charge in [-0.05, 0) is 29.8 Å². The molecule has 118 valence electrons. The lowest BCUT2D eigenvalue weighted by Crippen LogP contribution is -2.21. The number of aromatic nitrogens is 2. The number of rotatable bonds is 4. The first-order valence-corrected chi connectivity index (χ1v) is 8.39. The van der Waals surface area contributed by atoms with Crippen molar-refractivity contribution in [2.24, 2.45) is 7.05 Å². The first kappa shape index (κ1) is 15.6. The van der Waals surface area contributed by atoms with Crippen molar-refractivity contribution in [3.8, 4) is 0 Å². The fourth-order valence-corrected chi connectivity index (χ4v) is 3.35. The maximum absolute atomic E-state index is 11.9. The Balaban J connectivity index is 1.72. The number of para-hydroxylation sites is 2. The van der Waals surface area contributed by atoms with Crippen molar-refractivity contribution in [2.45, 2.75) is 10.9 Å². The molecule has 0 spiro atoms. The number of hydrogen-bond acceptors (Lipinski definition) is 3. The number of carbonyl (C=O) groups excluding carboxylic acids is 1. The lowest BCUT2D eigenvalue weighted by Gasteiger charge is -2.10. The molecule has 0 bridgehead atoms. The molecule has 0 aliphatic carbocycles. The molecule has 0 unspecified atom stereocenters. The standard InChI is InChI=1S/C18H19N3OS/c1-20(2)17(22)14-10-8-13(9-11-14)12-23-18-19-15-6-4-5-7-16(15)21(18)3/h4-11H,12H2,1-3H3. The fraction of sp³-hybridized carbons (Fsp3) is 0.222. The van der Waals surface area contributed by atoms with Crippen molar-refractivity contribution in [3.05, 3.63) is 59.7 Å². The summed E-state index contributed by atoms with van der Waals surface area (Å²) in [6.07, 6.45) is 0. The second-order valence-electron chi connectivity index (χ2n) is 5.63. The number of hydrogen-bond donors (Lipinski definition) is 0. The normalized spacial score (nSPS) is 10.9. The van der Waals surface area contributed by atoms with E-state index in [1.54, 1.807) is 30.8 Å². The van der Waals surface area contributed by atoms with Crippen LogP contribution in [0.1, 0.15) is 15.9 Å². The van der Waals surface area contributed by atoms with Gasteiger partial charge in [0.15, 0.2) is 5.16 Å². The van der Waals surface area contributed by atoms with Crippen molar-refractivity contribution in [2.75, 3.05) is 14.1 Å². The summed E-state index contributed by atoms with van der Waals surface area (Å²) in [5.74, 6) is 0.854. The van der Waals surface area contributed by atoms with Crippen LogP contribution in [0.3, 0.4) is 0 Å². The Morgan fingerprint density at radius 3 is 2.48 bits per heavy atom. The summed E-state index contributed by atoms with van der Waals surface area (Å²) in [6.45, 7) is 0. The smallest absolute Gasteiger partial charge is 0.253 e. The third-order valence-corrected chi connectivity index (χ3v) is 4.82. The Hall–Kier alpha value is -2.27. The van der Waals surface area contributed by atoms with Crippen LogP contribution >= 0.6 is 11.8 Å². The van der Waals surface area contributed by atoms with E-state index < -0.39 is 0 Å². The highest BCUT2D eigenvalue weighted by atomic mass is 32.2. The molecule has 0 saturated carbocycles. The van der Waals surface area contributed by atoms with Gasteiger partial charge in [0.25, 0.3) is 5.91 Å². The molecule has 1 amide bonds. The van der Waals surface area contributed by atoms with E-state index >= 15 is 0 Å². The van der Waals surface area contributed by atoms with Crippen molar-refractivity contribution >= 4 is 28.7 Å². The van der Waals surface area contributed by atoms with E-state index in [9.17, 15) is 4.79 Å². The van der Waals surface area contributed by atoms with Gasteiger partial charge in [-0.15, -0.1) is 0 Å². The summed E-state index contributed by atoms with van der Waals surface area (Å²) in [4.78, 5) is 18.1. The van der Waals surface area contributed by atoms with E-state index in [4.69, 9.17) is 0 Å². The first-order chi connectivity index (χ1) is 11.1. The highest BCUT2D eigenvalue weighted by Gasteiger charge is 2.09. The number of aryl methyl sites for hydroxylation is 1. The zero-order chi connectivity index (χ0) is 16.4. The molecule has 2 aromatic carbocycles. The van der Waals surface area contributed by atoms with E-state index in [1.165, 1.54) is 5.56 Å². The van der Waals surface area contributed by atoms with Crippen LogP contribution < -0.4 is 0 Å². The minimum Gasteiger partial charge on any atom is -0.345 e. The van der Waals surface area contributed by atoms with Crippen molar-refractivity contribution in [3.63, 3.8) is 0 Å². The topological polar surface area (TPSA) is 38.1 Å². The summed E-state index contributed by atoms with van der Waals surface area (Å²) < 4.78 is 2.12. The van der Waals surface area contributed by atoms with Gasteiger partial charge < -0.3 is 9.47 Å². The molecule has 3 aromatic rings. The van der Waals surface area contributed by atoms with Gasteiger partial charge in [0.2, 0.25) is 0 Å². The number of amides is 1. The maximum Gasteiger partial charge on any atom is 0.253 e. The number of imidazole rings is 1. The van der Waals surface area contributed by atoms with Crippen LogP contribution in [0.4, 0.5) is 0 Å². The highest BCUT2D eigenvalue weighted by molar-refractivity contribution is 7.98. The Bertz CT molecular complexity index is 837. The predicted octanol–water partition coefficient (Wildman–Crippen LogP) is 3.57. The number of fused-ring (bicyclic) bond motifs is 1. The zero-order valence-electron chi connectivity index (χ0n) is 13.5. The van der Waals surface area contributed by atoms with Gasteiger partial charge in [-0.25, -0.2) is 4.98 Å². The molecule has 0 radical (unpaired) electrons. The van der Waals surface area contributed by atoms with Crippen molar-refractivity contribution in [1.82, 2.24) is 14.5 Å². The number of nitrogens with zero attached hydrogens (tertiary/aromatic N) is 3. The molecule has 3 rings (SSSR count). The van der Waals surface area contributed by atoms with E-state index in [0.29, 0.717) is 5.56 Å². The largest absolute Gasteiger partial charge is 0.345 e. The highest BCUT2D eigenvalue weighted by Crippen LogP contribution is 2.25. The van der Waals surface area contributed by atoms with Crippen LogP contribution in [-0.2, 0) is 12.8 Å². The number of benzene rings is 2. The van der Waals surface area contributed by atoms with Gasteiger partial charge in [0, 0.05) is 32.5 Å². The molecule has 0 atom stereocenters. The summed E-state index contributed by atoms with van der Waals surface area (Å²) in [5, 5.41) is 1.000. The molecule has 0 saturated heterocycles. The van der Waals surface area contributed by atoms with Crippen LogP contribution in [0.25, 0.3) is 11.0 Å². The van der Waals surface area contributed by atoms with Crippen LogP contribution in [0.15, 0.2) is 53.7 Å². The molecular weight excluding hydrogens is 306 g/mol. The molecule has 4 nitrogen and oxygen atoms in total. The molecule has 0 aliphatic heterocycles. The van der Waals surface area contributed by atoms with Crippen LogP contribution in [0.5, 0.6) is 0 Å². The monoisotopic (exact) mass is 325 g/mol. The van der Waals surface area contributed by atoms with Crippen LogP contribution in [-0.4, -0.2) is 34.5 Å². The SMILES string of the molecule is CN(C)C(=O)c1ccc(CSc2nc3ccccc3n2C)cc1. The summed E-state index contributed by atoms with van der Waals surface area (Å²) in [6, 6.07) is 15.9. The van der Waals surface area contributed by atoms with Crippen LogP contribution in [0.2, 0.25) is 0 Å². The fourth-order valence-electron chi connectivity index (χ4n) is 2.40. The summed E-state index contributed by atoms with van der Waals surface area (Å²) >= 11 is 1.70. The number of thioether (sulfide) groups is 1. The average Bonchev–Trinajstić information content (AvgIpc) is 2.89. The minimum absolute atomic E-state index is 0.0274. The lowest BCUT2D eigenvalue weighted by molar-refractivity contribution is 0.0827. The van der Waals surface area contributed by atoms with E-state index in [1.807, 2.05) is 49.5 Å². The Labute approximate surface area is 140 Å². The Kier molecular flexibility index (Phi) is 4.39. The number of carbonyl (C=O) groups is 1. The van der Waals surface area contributed by atoms with Crippen molar-refractivity contribution in [1.29, 1.82) is 0 Å². The maximum atomic E-state index is 11.9. The zero-order valence-corrected chi connectivity index (χ0v) is 14.3. The van der Waals surface area contributed by atoms with E-state index in [2.05, 4.69) is 15.6 Å². The predicted molar refractivity (Wildman–Crippen MR) is 94.7 cm³/mol. The van der Waals surface area contributed by atoms with Gasteiger partial charge in [-0.3, -0.25) is 4.79 Å². The third kappa shape index (κ3) is 3.24. The summed E-state index contributed by atoms with van der Waals surface area (Å²) in [5.41, 5.74) is 4.05. The molecule has 0 N–H and O–H groups in total. The molecule has 1 aromatic heterocycles. The van der Waals surface area contributed by atoms with Crippen molar-refractivity contribution < 1.29 is 4.79 Å². The molecule has 0 fully saturated rings. The first-order valence-electron chi connectivity index (χ1n) is 7.41. The molecule has 23 heavy (non-hydrogen) atoms. The van der Waals surface area contributed by atoms with E-state index in [0.717, 1.165) is 21.9 Å². The van der Waals surface area contributed by atoms with Gasteiger partial charge in [0.05, 0.1) is 11.0 Å². The molecule has 5 heteroatoms. The quantitative estimate of drug-likeness (QED) is 0.688. The van der Waals surface area contributed by atoms with E-state index in [-0.39, 0.29) is 5.91 Å². The average molecular weight is 325 g/mol. The molecular formula is C18H19N3OS. The van der Waals surface area contributed by atoms with Crippen LogP contribution in [0, 0.1) is 0 Å². The summed E-state index contributed by atoms with van der Waals surface area (Å²) in [7, 11) is 5.56. The Morgan fingerprint density at radius 2 is 1.83 bits per heavy atom. The third-order valence-electron chi connectivity index (χ3n) is 3.72. The molecule has 1 heterocycles. The lowest BCUT2D eigenvalue weighted by atomic mass is 10.1. The van der Waals surface area contributed by atoms with Gasteiger partial charge in [-0.1, -0.05) is 36.0 Å². The molecule has 0 aliphatic rings. The second-order valence-corrected chi connectivity index (χ2v) is 6.57. The minimum atomic E-state index is 0.0274.